The summed E-state index contributed by atoms with van der Waals surface area (Å²) in [4.78, 5) is 14.7. The van der Waals surface area contributed by atoms with Gasteiger partial charge in [-0.15, -0.1) is 0 Å². The van der Waals surface area contributed by atoms with Crippen molar-refractivity contribution in [3.63, 3.8) is 0 Å². The molecule has 9 rings (SSSR count). The number of aromatic nitrogens is 3. The van der Waals surface area contributed by atoms with E-state index in [-0.39, 0.29) is 5.41 Å². The Labute approximate surface area is 267 Å². The van der Waals surface area contributed by atoms with Gasteiger partial charge in [-0.1, -0.05) is 129 Å². The molecule has 0 atom stereocenters. The van der Waals surface area contributed by atoms with Gasteiger partial charge in [0, 0.05) is 38.4 Å². The van der Waals surface area contributed by atoms with Crippen LogP contribution in [0, 0.1) is 0 Å². The quantitative estimate of drug-likeness (QED) is 0.204. The van der Waals surface area contributed by atoms with Gasteiger partial charge in [0.1, 0.15) is 11.2 Å². The van der Waals surface area contributed by atoms with Crippen molar-refractivity contribution >= 4 is 21.9 Å². The zero-order valence-corrected chi connectivity index (χ0v) is 25.5. The fraction of sp³-hybridized carbons (Fsp3) is 0.0714. The van der Waals surface area contributed by atoms with Crippen LogP contribution in [0.3, 0.4) is 0 Å². The van der Waals surface area contributed by atoms with Crippen molar-refractivity contribution in [1.29, 1.82) is 0 Å². The van der Waals surface area contributed by atoms with Gasteiger partial charge < -0.3 is 4.42 Å². The largest absolute Gasteiger partial charge is 0.455 e. The van der Waals surface area contributed by atoms with Gasteiger partial charge in [-0.25, -0.2) is 15.0 Å². The molecule has 0 radical (unpaired) electrons. The molecule has 4 nitrogen and oxygen atoms in total. The minimum atomic E-state index is -0.0691. The van der Waals surface area contributed by atoms with Gasteiger partial charge in [-0.2, -0.15) is 0 Å². The molecule has 0 N–H and O–H groups in total. The molecule has 0 saturated heterocycles. The number of benzene rings is 6. The first kappa shape index (κ1) is 26.5. The molecule has 2 aromatic heterocycles. The molecule has 0 saturated carbocycles. The first-order valence-electron chi connectivity index (χ1n) is 15.6. The molecule has 8 aromatic rings. The summed E-state index contributed by atoms with van der Waals surface area (Å²) in [5.74, 6) is 1.91. The van der Waals surface area contributed by atoms with Crippen LogP contribution in [0.1, 0.15) is 25.0 Å². The summed E-state index contributed by atoms with van der Waals surface area (Å²) in [6.45, 7) is 4.64. The molecule has 0 fully saturated rings. The van der Waals surface area contributed by atoms with E-state index in [1.54, 1.807) is 0 Å². The second kappa shape index (κ2) is 10.1. The first-order chi connectivity index (χ1) is 22.5. The molecule has 0 spiro atoms. The topological polar surface area (TPSA) is 51.8 Å². The fourth-order valence-electron chi connectivity index (χ4n) is 6.97. The molecule has 2 heterocycles. The van der Waals surface area contributed by atoms with Gasteiger partial charge in [0.15, 0.2) is 17.5 Å². The zero-order valence-electron chi connectivity index (χ0n) is 25.5. The lowest BCUT2D eigenvalue weighted by Gasteiger charge is -2.22. The highest BCUT2D eigenvalue weighted by Gasteiger charge is 2.35. The van der Waals surface area contributed by atoms with E-state index in [2.05, 4.69) is 80.6 Å². The van der Waals surface area contributed by atoms with Crippen LogP contribution in [-0.2, 0) is 5.41 Å². The predicted octanol–water partition coefficient (Wildman–Crippen LogP) is 10.7. The number of nitrogens with zero attached hydrogens (tertiary/aromatic N) is 3. The van der Waals surface area contributed by atoms with Crippen LogP contribution in [0.2, 0.25) is 0 Å². The van der Waals surface area contributed by atoms with Gasteiger partial charge >= 0.3 is 0 Å². The maximum Gasteiger partial charge on any atom is 0.164 e. The van der Waals surface area contributed by atoms with E-state index in [4.69, 9.17) is 19.4 Å². The predicted molar refractivity (Wildman–Crippen MR) is 186 cm³/mol. The smallest absolute Gasteiger partial charge is 0.164 e. The van der Waals surface area contributed by atoms with Crippen molar-refractivity contribution < 1.29 is 4.42 Å². The second-order valence-corrected chi connectivity index (χ2v) is 12.5. The van der Waals surface area contributed by atoms with Gasteiger partial charge in [0.25, 0.3) is 0 Å². The van der Waals surface area contributed by atoms with Crippen LogP contribution < -0.4 is 0 Å². The molecule has 218 valence electrons. The Hall–Kier alpha value is -5.87. The van der Waals surface area contributed by atoms with Gasteiger partial charge in [0.2, 0.25) is 0 Å². The van der Waals surface area contributed by atoms with E-state index in [0.29, 0.717) is 17.5 Å². The average molecular weight is 592 g/mol. The first-order valence-corrected chi connectivity index (χ1v) is 15.6. The zero-order chi connectivity index (χ0) is 30.8. The number of hydrogen-bond acceptors (Lipinski definition) is 4. The molecular formula is C42H29N3O. The molecular weight excluding hydrogens is 562 g/mol. The van der Waals surface area contributed by atoms with Crippen LogP contribution in [-0.4, -0.2) is 15.0 Å². The molecule has 46 heavy (non-hydrogen) atoms. The summed E-state index contributed by atoms with van der Waals surface area (Å²) in [6.07, 6.45) is 0. The summed E-state index contributed by atoms with van der Waals surface area (Å²) in [5, 5.41) is 2.10. The SMILES string of the molecule is CC1(C)c2ccccc2-c2ccc(-c3cccc4c3oc3ccc(-c5nc(-c6ccccc6)nc(-c6ccccc6)n5)cc34)cc21. The Balaban J connectivity index is 1.18. The normalized spacial score (nSPS) is 13.2. The molecule has 0 bridgehead atoms. The monoisotopic (exact) mass is 591 g/mol. The Morgan fingerprint density at radius 1 is 0.435 bits per heavy atom. The lowest BCUT2D eigenvalue weighted by Crippen LogP contribution is -2.14. The van der Waals surface area contributed by atoms with Gasteiger partial charge in [-0.3, -0.25) is 0 Å². The summed E-state index contributed by atoms with van der Waals surface area (Å²) in [7, 11) is 0. The number of rotatable bonds is 4. The summed E-state index contributed by atoms with van der Waals surface area (Å²) in [6, 6.07) is 48.4. The van der Waals surface area contributed by atoms with E-state index in [9.17, 15) is 0 Å². The van der Waals surface area contributed by atoms with Crippen LogP contribution >= 0.6 is 0 Å². The molecule has 1 aliphatic carbocycles. The Bertz CT molecular complexity index is 2380. The molecule has 0 aliphatic heterocycles. The van der Waals surface area contributed by atoms with E-state index >= 15 is 0 Å². The number of para-hydroxylation sites is 1. The van der Waals surface area contributed by atoms with Crippen LogP contribution in [0.5, 0.6) is 0 Å². The lowest BCUT2D eigenvalue weighted by atomic mass is 9.81. The van der Waals surface area contributed by atoms with E-state index in [1.807, 2.05) is 72.8 Å². The lowest BCUT2D eigenvalue weighted by molar-refractivity contribution is 0.660. The van der Waals surface area contributed by atoms with Gasteiger partial charge in [0.05, 0.1) is 0 Å². The summed E-state index contributed by atoms with van der Waals surface area (Å²) in [5.41, 5.74) is 12.1. The number of fused-ring (bicyclic) bond motifs is 6. The van der Waals surface area contributed by atoms with Crippen molar-refractivity contribution in [1.82, 2.24) is 15.0 Å². The summed E-state index contributed by atoms with van der Waals surface area (Å²) >= 11 is 0. The highest BCUT2D eigenvalue weighted by Crippen LogP contribution is 2.50. The van der Waals surface area contributed by atoms with E-state index in [1.165, 1.54) is 22.3 Å². The fourth-order valence-corrected chi connectivity index (χ4v) is 6.97. The number of hydrogen-bond donors (Lipinski definition) is 0. The van der Waals surface area contributed by atoms with Crippen molar-refractivity contribution in [2.24, 2.45) is 0 Å². The third kappa shape index (κ3) is 4.11. The maximum atomic E-state index is 6.59. The highest BCUT2D eigenvalue weighted by atomic mass is 16.3. The Morgan fingerprint density at radius 2 is 1.02 bits per heavy atom. The number of furan rings is 1. The third-order valence-electron chi connectivity index (χ3n) is 9.35. The van der Waals surface area contributed by atoms with Gasteiger partial charge in [-0.05, 0) is 52.1 Å². The van der Waals surface area contributed by atoms with Crippen molar-refractivity contribution in [2.45, 2.75) is 19.3 Å². The molecule has 0 amide bonds. The van der Waals surface area contributed by atoms with Crippen molar-refractivity contribution in [3.8, 4) is 56.4 Å². The highest BCUT2D eigenvalue weighted by molar-refractivity contribution is 6.10. The third-order valence-corrected chi connectivity index (χ3v) is 9.35. The Kier molecular flexibility index (Phi) is 5.81. The van der Waals surface area contributed by atoms with Crippen LogP contribution in [0.25, 0.3) is 78.4 Å². The molecule has 6 aromatic carbocycles. The van der Waals surface area contributed by atoms with Crippen molar-refractivity contribution in [2.75, 3.05) is 0 Å². The van der Waals surface area contributed by atoms with Crippen molar-refractivity contribution in [3.05, 3.63) is 151 Å². The molecule has 4 heteroatoms. The van der Waals surface area contributed by atoms with E-state index in [0.717, 1.165) is 49.8 Å². The molecule has 0 unspecified atom stereocenters. The molecule has 1 aliphatic rings. The average Bonchev–Trinajstić information content (AvgIpc) is 3.60. The van der Waals surface area contributed by atoms with E-state index < -0.39 is 0 Å². The second-order valence-electron chi connectivity index (χ2n) is 12.5. The standard InChI is InChI=1S/C42H29N3O/c1-42(2)35-19-10-9-16-31(35)32-22-20-28(25-36(32)42)30-17-11-18-33-34-24-29(21-23-37(34)46-38(30)33)41-44-39(26-12-5-3-6-13-26)43-40(45-41)27-14-7-4-8-15-27/h3-25H,1-2H3. The maximum absolute atomic E-state index is 6.59. The summed E-state index contributed by atoms with van der Waals surface area (Å²) < 4.78 is 6.59. The van der Waals surface area contributed by atoms with Crippen LogP contribution in [0.15, 0.2) is 144 Å². The Morgan fingerprint density at radius 3 is 1.74 bits per heavy atom. The minimum Gasteiger partial charge on any atom is -0.455 e. The minimum absolute atomic E-state index is 0.0691. The van der Waals surface area contributed by atoms with Crippen LogP contribution in [0.4, 0.5) is 0 Å².